The van der Waals surface area contributed by atoms with Crippen molar-refractivity contribution >= 4 is 12.0 Å². The van der Waals surface area contributed by atoms with Crippen molar-refractivity contribution in [3.8, 4) is 11.8 Å². The molecule has 0 radical (unpaired) electrons. The Morgan fingerprint density at radius 3 is 2.31 bits per heavy atom. The van der Waals surface area contributed by atoms with Crippen LogP contribution in [0.1, 0.15) is 46.6 Å². The van der Waals surface area contributed by atoms with E-state index in [0.717, 1.165) is 0 Å². The zero-order chi connectivity index (χ0) is 25.8. The van der Waals surface area contributed by atoms with Crippen LogP contribution >= 0.6 is 0 Å². The van der Waals surface area contributed by atoms with Gasteiger partial charge in [0.2, 0.25) is 5.72 Å². The molecule has 3 aliphatic rings. The van der Waals surface area contributed by atoms with E-state index in [-0.39, 0.29) is 16.7 Å². The van der Waals surface area contributed by atoms with Crippen molar-refractivity contribution in [3.63, 3.8) is 0 Å². The average Bonchev–Trinajstić information content (AvgIpc) is 3.13. The number of rotatable bonds is 3. The SMILES string of the molecule is CC(C)(C)C12CN(C(=O)O)CC(CN(C(=O)[C@@]3(O)NCCC3Oc3ccc(C#N)cc3)C1)C2(C)C. The van der Waals surface area contributed by atoms with Crippen molar-refractivity contribution in [2.24, 2.45) is 22.2 Å². The number of nitriles is 1. The molecule has 9 nitrogen and oxygen atoms in total. The molecule has 0 aliphatic carbocycles. The van der Waals surface area contributed by atoms with Crippen molar-refractivity contribution in [1.82, 2.24) is 15.1 Å². The average molecular weight is 485 g/mol. The van der Waals surface area contributed by atoms with Crippen LogP contribution < -0.4 is 10.1 Å². The predicted octanol–water partition coefficient (Wildman–Crippen LogP) is 2.50. The molecule has 3 fully saturated rings. The van der Waals surface area contributed by atoms with Crippen molar-refractivity contribution in [2.45, 2.75) is 52.9 Å². The molecule has 0 saturated carbocycles. The van der Waals surface area contributed by atoms with E-state index < -0.39 is 29.2 Å². The van der Waals surface area contributed by atoms with Crippen LogP contribution in [0.25, 0.3) is 0 Å². The van der Waals surface area contributed by atoms with E-state index in [9.17, 15) is 19.8 Å². The highest BCUT2D eigenvalue weighted by Gasteiger charge is 2.65. The standard InChI is InChI=1S/C26H36N4O5/c1-23(2,3)25-15-29(13-18(24(25,4)5)14-30(16-25)22(32)33)21(31)26(34)20(10-11-28-26)35-19-8-6-17(12-27)7-9-19/h6-9,18,20,28,34H,10-11,13-16H2,1-5H3,(H,32,33)/t18?,20?,25?,26-/m1/s1. The minimum Gasteiger partial charge on any atom is -0.485 e. The quantitative estimate of drug-likeness (QED) is 0.602. The number of fused-ring (bicyclic) bond motifs is 2. The molecule has 190 valence electrons. The highest BCUT2D eigenvalue weighted by atomic mass is 16.5. The summed E-state index contributed by atoms with van der Waals surface area (Å²) in [4.78, 5) is 29.1. The Labute approximate surface area is 206 Å². The molecule has 1 aromatic rings. The van der Waals surface area contributed by atoms with Crippen molar-refractivity contribution in [1.29, 1.82) is 5.26 Å². The number of aliphatic hydroxyl groups is 1. The minimum absolute atomic E-state index is 0.0767. The number of hydrogen-bond donors (Lipinski definition) is 3. The number of likely N-dealkylation sites (tertiary alicyclic amines) is 2. The number of nitrogens with one attached hydrogen (secondary N) is 1. The molecule has 3 aliphatic heterocycles. The summed E-state index contributed by atoms with van der Waals surface area (Å²) in [7, 11) is 0. The highest BCUT2D eigenvalue weighted by molar-refractivity contribution is 5.86. The van der Waals surface area contributed by atoms with Crippen molar-refractivity contribution < 1.29 is 24.5 Å². The molecule has 3 N–H and O–H groups in total. The fraction of sp³-hybridized carbons (Fsp3) is 0.654. The lowest BCUT2D eigenvalue weighted by atomic mass is 9.46. The first-order valence-corrected chi connectivity index (χ1v) is 12.2. The maximum absolute atomic E-state index is 13.9. The molecule has 2 bridgehead atoms. The van der Waals surface area contributed by atoms with Gasteiger partial charge in [0.1, 0.15) is 5.75 Å². The Morgan fingerprint density at radius 2 is 1.74 bits per heavy atom. The van der Waals surface area contributed by atoms with E-state index in [1.807, 2.05) is 0 Å². The number of carbonyl (C=O) groups is 2. The van der Waals surface area contributed by atoms with Crippen LogP contribution in [-0.4, -0.2) is 76.6 Å². The minimum atomic E-state index is -1.89. The van der Waals surface area contributed by atoms with Gasteiger partial charge in [0, 0.05) is 50.5 Å². The number of nitrogens with zero attached hydrogens (tertiary/aromatic N) is 3. The number of hydrogen-bond acceptors (Lipinski definition) is 6. The third-order valence-corrected chi connectivity index (χ3v) is 8.91. The second kappa shape index (κ2) is 8.38. The largest absolute Gasteiger partial charge is 0.485 e. The van der Waals surface area contributed by atoms with Crippen LogP contribution in [0.4, 0.5) is 4.79 Å². The van der Waals surface area contributed by atoms with E-state index >= 15 is 0 Å². The molecule has 2 amide bonds. The Bertz CT molecular complexity index is 1040. The third-order valence-electron chi connectivity index (χ3n) is 8.91. The lowest BCUT2D eigenvalue weighted by molar-refractivity contribution is -0.202. The molecule has 1 aromatic carbocycles. The fourth-order valence-electron chi connectivity index (χ4n) is 6.50. The van der Waals surface area contributed by atoms with Crippen LogP contribution in [-0.2, 0) is 4.79 Å². The first kappa shape index (κ1) is 25.3. The number of carboxylic acid groups (broad SMARTS) is 1. The topological polar surface area (TPSA) is 126 Å². The molecular weight excluding hydrogens is 448 g/mol. The number of carbonyl (C=O) groups excluding carboxylic acids is 1. The van der Waals surface area contributed by atoms with Gasteiger partial charge in [-0.3, -0.25) is 10.1 Å². The lowest BCUT2D eigenvalue weighted by Gasteiger charge is -2.67. The number of ether oxygens (including phenoxy) is 1. The predicted molar refractivity (Wildman–Crippen MR) is 128 cm³/mol. The normalized spacial score (nSPS) is 32.1. The Kier molecular flexibility index (Phi) is 6.05. The first-order valence-electron chi connectivity index (χ1n) is 12.2. The summed E-state index contributed by atoms with van der Waals surface area (Å²) >= 11 is 0. The van der Waals surface area contributed by atoms with E-state index in [1.165, 1.54) is 4.90 Å². The van der Waals surface area contributed by atoms with Crippen LogP contribution in [0.2, 0.25) is 0 Å². The fourth-order valence-corrected chi connectivity index (χ4v) is 6.50. The Morgan fingerprint density at radius 1 is 1.14 bits per heavy atom. The second-order valence-corrected chi connectivity index (χ2v) is 11.8. The summed E-state index contributed by atoms with van der Waals surface area (Å²) in [6.45, 7) is 12.5. The molecule has 3 heterocycles. The van der Waals surface area contributed by atoms with Gasteiger partial charge < -0.3 is 24.7 Å². The molecule has 3 saturated heterocycles. The van der Waals surface area contributed by atoms with E-state index in [1.54, 1.807) is 29.2 Å². The summed E-state index contributed by atoms with van der Waals surface area (Å²) < 4.78 is 6.02. The molecule has 0 aromatic heterocycles. The highest BCUT2D eigenvalue weighted by Crippen LogP contribution is 2.60. The van der Waals surface area contributed by atoms with Gasteiger partial charge in [-0.2, -0.15) is 5.26 Å². The van der Waals surface area contributed by atoms with Crippen LogP contribution in [0.3, 0.4) is 0 Å². The Balaban J connectivity index is 1.62. The maximum Gasteiger partial charge on any atom is 0.407 e. The molecule has 4 atom stereocenters. The monoisotopic (exact) mass is 484 g/mol. The summed E-state index contributed by atoms with van der Waals surface area (Å²) in [5.74, 6) is -0.0393. The van der Waals surface area contributed by atoms with Crippen LogP contribution in [0.5, 0.6) is 5.75 Å². The summed E-state index contributed by atoms with van der Waals surface area (Å²) in [6.07, 6.45) is -1.29. The zero-order valence-corrected chi connectivity index (χ0v) is 21.2. The van der Waals surface area contributed by atoms with Gasteiger partial charge in [-0.15, -0.1) is 0 Å². The second-order valence-electron chi connectivity index (χ2n) is 11.8. The van der Waals surface area contributed by atoms with Crippen molar-refractivity contribution in [3.05, 3.63) is 29.8 Å². The Hall–Kier alpha value is -2.83. The van der Waals surface area contributed by atoms with E-state index in [4.69, 9.17) is 10.00 Å². The summed E-state index contributed by atoms with van der Waals surface area (Å²) in [6, 6.07) is 8.64. The van der Waals surface area contributed by atoms with Crippen LogP contribution in [0.15, 0.2) is 24.3 Å². The van der Waals surface area contributed by atoms with Gasteiger partial charge >= 0.3 is 6.09 Å². The number of amides is 2. The summed E-state index contributed by atoms with van der Waals surface area (Å²) in [5.41, 5.74) is -2.41. The van der Waals surface area contributed by atoms with E-state index in [2.05, 4.69) is 46.0 Å². The molecule has 0 spiro atoms. The molecule has 9 heteroatoms. The van der Waals surface area contributed by atoms with Gasteiger partial charge in [0.05, 0.1) is 11.6 Å². The number of piperidine rings is 2. The maximum atomic E-state index is 13.9. The first-order chi connectivity index (χ1) is 16.2. The van der Waals surface area contributed by atoms with Gasteiger partial charge in [-0.05, 0) is 35.1 Å². The van der Waals surface area contributed by atoms with Crippen molar-refractivity contribution in [2.75, 3.05) is 32.7 Å². The van der Waals surface area contributed by atoms with Gasteiger partial charge in [-0.1, -0.05) is 34.6 Å². The lowest BCUT2D eigenvalue weighted by Crippen LogP contribution is -2.74. The summed E-state index contributed by atoms with van der Waals surface area (Å²) in [5, 5.41) is 33.4. The molecular formula is C26H36N4O5. The molecule has 4 rings (SSSR count). The smallest absolute Gasteiger partial charge is 0.407 e. The third kappa shape index (κ3) is 3.93. The van der Waals surface area contributed by atoms with Gasteiger partial charge in [0.15, 0.2) is 6.10 Å². The number of benzene rings is 1. The molecule has 35 heavy (non-hydrogen) atoms. The van der Waals surface area contributed by atoms with Gasteiger partial charge in [-0.25, -0.2) is 4.79 Å². The van der Waals surface area contributed by atoms with Gasteiger partial charge in [0.25, 0.3) is 5.91 Å². The van der Waals surface area contributed by atoms with Crippen LogP contribution in [0, 0.1) is 33.5 Å². The zero-order valence-electron chi connectivity index (χ0n) is 21.2. The van der Waals surface area contributed by atoms with E-state index in [0.29, 0.717) is 50.5 Å². The molecule has 3 unspecified atom stereocenters.